The highest BCUT2D eigenvalue weighted by atomic mass is 16.5. The standard InChI is InChI=1S/C56H66N8O9/c1-9-39-16-12-33(32(6)73-39)24-38-15-20-47(64(38)53(65)43(10-2)60-55(67)69-7)52-58-44-18-14-34-25-42-40-17-13-35(23-37(40)28-71-48(42)26-41(34)50(44)61-52)45-27-57-51(59-45)46-19-11-29(3)63(46)54(66)49(62-56(68)70-8)36-21-30(4)72-31(5)22-36/h1,10,13-14,17-18,23,25-27,29-33,36,38-39,43,46-47,49H,2,11-12,15-16,19-22,24,28H2,3-8H3,(H,57,59)(H,58,61)(H,60,67)(H,62,68)/t29-,30+,31+,32+,33?,38+,39+,43-,46-,47-,49-/m0/s1. The lowest BCUT2D eigenvalue weighted by atomic mass is 9.85. The van der Waals surface area contributed by atoms with E-state index in [0.717, 1.165) is 94.0 Å². The number of H-pyrrole nitrogens is 2. The number of rotatable bonds is 11. The lowest BCUT2D eigenvalue weighted by molar-refractivity contribution is -0.140. The number of fused-ring (bicyclic) bond motifs is 6. The van der Waals surface area contributed by atoms with Crippen LogP contribution in [0.25, 0.3) is 44.2 Å². The number of amides is 4. The molecule has 73 heavy (non-hydrogen) atoms. The summed E-state index contributed by atoms with van der Waals surface area (Å²) < 4.78 is 28.5. The number of benzene rings is 3. The van der Waals surface area contributed by atoms with Gasteiger partial charge in [0, 0.05) is 23.0 Å². The Kier molecular flexibility index (Phi) is 14.0. The van der Waals surface area contributed by atoms with Crippen LogP contribution in [0, 0.1) is 24.2 Å². The van der Waals surface area contributed by atoms with Crippen LogP contribution < -0.4 is 15.4 Å². The molecule has 17 nitrogen and oxygen atoms in total. The minimum absolute atomic E-state index is 0.0394. The number of likely N-dealkylation sites (tertiary alicyclic amines) is 2. The van der Waals surface area contributed by atoms with Crippen LogP contribution in [-0.4, -0.2) is 117 Å². The van der Waals surface area contributed by atoms with Gasteiger partial charge in [0.25, 0.3) is 0 Å². The fourth-order valence-electron chi connectivity index (χ4n) is 12.5. The van der Waals surface area contributed by atoms with Gasteiger partial charge in [-0.1, -0.05) is 30.2 Å². The summed E-state index contributed by atoms with van der Waals surface area (Å²) in [5.41, 5.74) is 6.43. The van der Waals surface area contributed by atoms with Crippen LogP contribution in [0.1, 0.15) is 115 Å². The van der Waals surface area contributed by atoms with Crippen LogP contribution >= 0.6 is 0 Å². The molecule has 5 aliphatic rings. The molecule has 2 aromatic heterocycles. The van der Waals surface area contributed by atoms with Crippen molar-refractivity contribution in [2.75, 3.05) is 14.2 Å². The Hall–Kier alpha value is -6.90. The topological polar surface area (TPSA) is 202 Å². The summed E-state index contributed by atoms with van der Waals surface area (Å²) in [6, 6.07) is 12.0. The molecule has 4 N–H and O–H groups in total. The molecule has 7 heterocycles. The number of hydrogen-bond acceptors (Lipinski definition) is 11. The average molecular weight is 995 g/mol. The van der Waals surface area contributed by atoms with E-state index in [1.54, 1.807) is 0 Å². The van der Waals surface area contributed by atoms with E-state index < -0.39 is 24.3 Å². The fraction of sp³-hybridized carbons (Fsp3) is 0.500. The molecule has 17 heteroatoms. The first-order valence-corrected chi connectivity index (χ1v) is 25.8. The van der Waals surface area contributed by atoms with E-state index >= 15 is 0 Å². The molecule has 5 aromatic rings. The number of ether oxygens (including phenoxy) is 5. The molecule has 4 fully saturated rings. The normalized spacial score (nSPS) is 27.5. The third-order valence-electron chi connectivity index (χ3n) is 16.1. The minimum atomic E-state index is -0.997. The maximum absolute atomic E-state index is 14.5. The van der Waals surface area contributed by atoms with Gasteiger partial charge in [-0.3, -0.25) is 9.59 Å². The first-order valence-electron chi connectivity index (χ1n) is 25.8. The summed E-state index contributed by atoms with van der Waals surface area (Å²) in [5, 5.41) is 7.44. The molecule has 0 radical (unpaired) electrons. The molecule has 5 aliphatic heterocycles. The van der Waals surface area contributed by atoms with Crippen molar-refractivity contribution in [1.29, 1.82) is 0 Å². The van der Waals surface area contributed by atoms with E-state index in [4.69, 9.17) is 40.1 Å². The van der Waals surface area contributed by atoms with Gasteiger partial charge in [0.1, 0.15) is 42.2 Å². The maximum atomic E-state index is 14.5. The third kappa shape index (κ3) is 9.63. The second kappa shape index (κ2) is 20.5. The van der Waals surface area contributed by atoms with Gasteiger partial charge in [0.2, 0.25) is 11.8 Å². The van der Waals surface area contributed by atoms with E-state index in [9.17, 15) is 19.2 Å². The predicted molar refractivity (Wildman–Crippen MR) is 274 cm³/mol. The Morgan fingerprint density at radius 3 is 2.36 bits per heavy atom. The minimum Gasteiger partial charge on any atom is -0.488 e. The molecule has 4 amide bonds. The second-order valence-corrected chi connectivity index (χ2v) is 20.7. The number of alkyl carbamates (subject to hydrolysis) is 2. The smallest absolute Gasteiger partial charge is 0.407 e. The van der Waals surface area contributed by atoms with Gasteiger partial charge in [-0.05, 0) is 144 Å². The fourth-order valence-corrected chi connectivity index (χ4v) is 12.5. The van der Waals surface area contributed by atoms with Gasteiger partial charge in [-0.25, -0.2) is 19.6 Å². The Morgan fingerprint density at radius 1 is 0.863 bits per heavy atom. The van der Waals surface area contributed by atoms with Gasteiger partial charge in [-0.15, -0.1) is 13.0 Å². The summed E-state index contributed by atoms with van der Waals surface area (Å²) in [4.78, 5) is 75.0. The molecule has 4 saturated heterocycles. The van der Waals surface area contributed by atoms with Gasteiger partial charge < -0.3 is 54.1 Å². The molecule has 0 aliphatic carbocycles. The summed E-state index contributed by atoms with van der Waals surface area (Å²) in [7, 11) is 2.58. The lowest BCUT2D eigenvalue weighted by Crippen LogP contribution is -2.55. The highest BCUT2D eigenvalue weighted by Crippen LogP contribution is 2.45. The summed E-state index contributed by atoms with van der Waals surface area (Å²) >= 11 is 0. The Balaban J connectivity index is 0.898. The summed E-state index contributed by atoms with van der Waals surface area (Å²) in [6.07, 6.45) is 13.9. The molecule has 0 spiro atoms. The number of terminal acetylenes is 1. The zero-order chi connectivity index (χ0) is 51.2. The molecule has 384 valence electrons. The zero-order valence-electron chi connectivity index (χ0n) is 42.4. The molecular formula is C56H66N8O9. The summed E-state index contributed by atoms with van der Waals surface area (Å²) in [6.45, 7) is 12.3. The van der Waals surface area contributed by atoms with Crippen molar-refractivity contribution < 1.29 is 42.9 Å². The lowest BCUT2D eigenvalue weighted by Gasteiger charge is -2.39. The molecule has 0 saturated carbocycles. The van der Waals surface area contributed by atoms with E-state index in [1.165, 1.54) is 20.3 Å². The molecular weight excluding hydrogens is 929 g/mol. The molecule has 0 bridgehead atoms. The summed E-state index contributed by atoms with van der Waals surface area (Å²) in [5.74, 6) is 4.52. The van der Waals surface area contributed by atoms with Crippen LogP contribution in [-0.2, 0) is 35.1 Å². The van der Waals surface area contributed by atoms with Gasteiger partial charge >= 0.3 is 12.2 Å². The van der Waals surface area contributed by atoms with E-state index in [1.807, 2.05) is 42.8 Å². The molecule has 11 atom stereocenters. The van der Waals surface area contributed by atoms with E-state index in [0.29, 0.717) is 37.5 Å². The van der Waals surface area contributed by atoms with Gasteiger partial charge in [0.15, 0.2) is 0 Å². The van der Waals surface area contributed by atoms with E-state index in [-0.39, 0.29) is 72.2 Å². The maximum Gasteiger partial charge on any atom is 0.407 e. The number of carbonyl (C=O) groups is 4. The number of imidazole rings is 2. The Labute approximate surface area is 425 Å². The number of carbonyl (C=O) groups excluding carboxylic acids is 4. The number of aromatic amines is 2. The van der Waals surface area contributed by atoms with Crippen LogP contribution in [0.15, 0.2) is 61.3 Å². The van der Waals surface area contributed by atoms with Gasteiger partial charge in [0.05, 0.1) is 67.5 Å². The van der Waals surface area contributed by atoms with Crippen molar-refractivity contribution in [3.63, 3.8) is 0 Å². The van der Waals surface area contributed by atoms with Crippen LogP contribution in [0.2, 0.25) is 0 Å². The van der Waals surface area contributed by atoms with Crippen LogP contribution in [0.3, 0.4) is 0 Å². The van der Waals surface area contributed by atoms with Crippen molar-refractivity contribution >= 4 is 45.8 Å². The number of hydrogen-bond donors (Lipinski definition) is 4. The average Bonchev–Trinajstić information content (AvgIpc) is 4.22. The molecule has 1 unspecified atom stereocenters. The number of aromatic nitrogens is 4. The van der Waals surface area contributed by atoms with Gasteiger partial charge in [-0.2, -0.15) is 0 Å². The number of nitrogens with zero attached hydrogens (tertiary/aromatic N) is 4. The predicted octanol–water partition coefficient (Wildman–Crippen LogP) is 8.80. The molecule has 10 rings (SSSR count). The zero-order valence-corrected chi connectivity index (χ0v) is 42.4. The van der Waals surface area contributed by atoms with Crippen molar-refractivity contribution in [3.05, 3.63) is 78.5 Å². The third-order valence-corrected chi connectivity index (χ3v) is 16.1. The number of nitrogens with one attached hydrogen (secondary N) is 4. The monoisotopic (exact) mass is 994 g/mol. The first kappa shape index (κ1) is 49.7. The highest BCUT2D eigenvalue weighted by Gasteiger charge is 2.46. The quantitative estimate of drug-likeness (QED) is 0.0728. The first-order chi connectivity index (χ1) is 35.2. The van der Waals surface area contributed by atoms with Crippen molar-refractivity contribution in [3.8, 4) is 40.5 Å². The van der Waals surface area contributed by atoms with Crippen LogP contribution in [0.5, 0.6) is 5.75 Å². The van der Waals surface area contributed by atoms with Crippen molar-refractivity contribution in [1.82, 2.24) is 40.4 Å². The second-order valence-electron chi connectivity index (χ2n) is 20.7. The number of methoxy groups -OCH3 is 2. The highest BCUT2D eigenvalue weighted by molar-refractivity contribution is 6.07. The van der Waals surface area contributed by atoms with Crippen molar-refractivity contribution in [2.45, 2.75) is 153 Å². The SMILES string of the molecule is C#C[C@@H]1CCC(C[C@H]2CC[C@@H](c3nc4c(ccc5cc6c(cc54)OCc4cc(-c5cnc([C@@H]7CC[C@H](C)N7C(=O)[C@@H](NC(=O)OC)C7C[C@@H](C)O[C@H](C)C7)[nH]5)ccc4-6)[nH]3)N2C(=O)[C@H](C=C)NC(=O)OC)[C@@H](C)O1. The van der Waals surface area contributed by atoms with Crippen LogP contribution in [0.4, 0.5) is 9.59 Å². The Morgan fingerprint density at radius 2 is 1.62 bits per heavy atom. The Bertz CT molecular complexity index is 2970. The van der Waals surface area contributed by atoms with E-state index in [2.05, 4.69) is 76.4 Å². The molecule has 3 aromatic carbocycles. The largest absolute Gasteiger partial charge is 0.488 e. The van der Waals surface area contributed by atoms with Crippen molar-refractivity contribution in [2.24, 2.45) is 11.8 Å².